The van der Waals surface area contributed by atoms with Crippen LogP contribution in [-0.4, -0.2) is 51.4 Å². The molecule has 1 saturated heterocycles. The number of rotatable bonds is 4. The highest BCUT2D eigenvalue weighted by molar-refractivity contribution is 5.84. The molecular formula is C16H24N4O2. The minimum Gasteiger partial charge on any atom is -0.340 e. The van der Waals surface area contributed by atoms with Crippen molar-refractivity contribution in [3.8, 4) is 0 Å². The third-order valence-corrected chi connectivity index (χ3v) is 4.90. The molecule has 3 rings (SSSR count). The van der Waals surface area contributed by atoms with Gasteiger partial charge in [-0.1, -0.05) is 12.8 Å². The summed E-state index contributed by atoms with van der Waals surface area (Å²) in [7, 11) is 1.82. The Morgan fingerprint density at radius 1 is 1.41 bits per heavy atom. The summed E-state index contributed by atoms with van der Waals surface area (Å²) >= 11 is 0. The Hall–Kier alpha value is -1.85. The number of likely N-dealkylation sites (tertiary alicyclic amines) is 1. The predicted molar refractivity (Wildman–Crippen MR) is 81.8 cm³/mol. The van der Waals surface area contributed by atoms with Crippen molar-refractivity contribution < 1.29 is 9.59 Å². The van der Waals surface area contributed by atoms with E-state index in [2.05, 4.69) is 10.2 Å². The molecule has 0 spiro atoms. The molecule has 1 aliphatic carbocycles. The number of amides is 2. The fourth-order valence-corrected chi connectivity index (χ4v) is 3.66. The first-order valence-corrected chi connectivity index (χ1v) is 8.18. The van der Waals surface area contributed by atoms with Crippen molar-refractivity contribution in [1.82, 2.24) is 20.0 Å². The second-order valence-corrected chi connectivity index (χ2v) is 6.50. The van der Waals surface area contributed by atoms with Crippen LogP contribution in [0.5, 0.6) is 0 Å². The Balaban J connectivity index is 1.61. The Bertz CT molecular complexity index is 522. The average Bonchev–Trinajstić information content (AvgIpc) is 3.20. The molecule has 1 aliphatic heterocycles. The second kappa shape index (κ2) is 6.50. The molecule has 1 aromatic rings. The molecule has 2 fully saturated rings. The fraction of sp³-hybridized carbons (Fsp3) is 0.688. The summed E-state index contributed by atoms with van der Waals surface area (Å²) in [6.07, 6.45) is 7.46. The summed E-state index contributed by atoms with van der Waals surface area (Å²) in [5.41, 5.74) is 0.926. The van der Waals surface area contributed by atoms with E-state index in [4.69, 9.17) is 0 Å². The standard InChI is InChI=1S/C16H24N4O2/c1-19(11-13-8-9-17-18-13)16(22)12-6-7-15(21)20(10-12)14-4-2-3-5-14/h8-9,12,14H,2-7,10-11H2,1H3,(H,17,18)/t12-/m0/s1. The van der Waals surface area contributed by atoms with Crippen LogP contribution in [0.25, 0.3) is 0 Å². The van der Waals surface area contributed by atoms with E-state index < -0.39 is 0 Å². The molecule has 0 radical (unpaired) electrons. The lowest BCUT2D eigenvalue weighted by molar-refractivity contribution is -0.144. The summed E-state index contributed by atoms with van der Waals surface area (Å²) in [5, 5.41) is 6.78. The van der Waals surface area contributed by atoms with Crippen molar-refractivity contribution in [3.63, 3.8) is 0 Å². The number of nitrogens with one attached hydrogen (secondary N) is 1. The molecule has 2 amide bonds. The predicted octanol–water partition coefficient (Wildman–Crippen LogP) is 1.55. The minimum atomic E-state index is -0.0637. The van der Waals surface area contributed by atoms with Gasteiger partial charge in [0.1, 0.15) is 0 Å². The number of H-pyrrole nitrogens is 1. The van der Waals surface area contributed by atoms with Gasteiger partial charge in [0.15, 0.2) is 0 Å². The van der Waals surface area contributed by atoms with Gasteiger partial charge in [0.2, 0.25) is 11.8 Å². The SMILES string of the molecule is CN(Cc1ccn[nH]1)C(=O)[C@H]1CCC(=O)N(C2CCCC2)C1. The van der Waals surface area contributed by atoms with Crippen LogP contribution in [-0.2, 0) is 16.1 Å². The Kier molecular flexibility index (Phi) is 4.45. The number of piperidine rings is 1. The van der Waals surface area contributed by atoms with Crippen LogP contribution in [0.2, 0.25) is 0 Å². The molecule has 6 heteroatoms. The number of hydrogen-bond acceptors (Lipinski definition) is 3. The van der Waals surface area contributed by atoms with E-state index in [1.165, 1.54) is 12.8 Å². The fourth-order valence-electron chi connectivity index (χ4n) is 3.66. The van der Waals surface area contributed by atoms with E-state index in [1.807, 2.05) is 18.0 Å². The Morgan fingerprint density at radius 2 is 2.18 bits per heavy atom. The molecule has 2 aliphatic rings. The zero-order chi connectivity index (χ0) is 15.5. The number of nitrogens with zero attached hydrogens (tertiary/aromatic N) is 3. The maximum Gasteiger partial charge on any atom is 0.227 e. The van der Waals surface area contributed by atoms with Gasteiger partial charge in [-0.25, -0.2) is 0 Å². The zero-order valence-corrected chi connectivity index (χ0v) is 13.1. The average molecular weight is 304 g/mol. The van der Waals surface area contributed by atoms with Gasteiger partial charge in [-0.3, -0.25) is 14.7 Å². The van der Waals surface area contributed by atoms with Crippen LogP contribution < -0.4 is 0 Å². The van der Waals surface area contributed by atoms with E-state index in [0.29, 0.717) is 32.0 Å². The third kappa shape index (κ3) is 3.15. The van der Waals surface area contributed by atoms with E-state index in [9.17, 15) is 9.59 Å². The van der Waals surface area contributed by atoms with Gasteiger partial charge >= 0.3 is 0 Å². The van der Waals surface area contributed by atoms with E-state index in [0.717, 1.165) is 18.5 Å². The first-order valence-electron chi connectivity index (χ1n) is 8.18. The molecule has 6 nitrogen and oxygen atoms in total. The second-order valence-electron chi connectivity index (χ2n) is 6.50. The van der Waals surface area contributed by atoms with Gasteiger partial charge < -0.3 is 9.80 Å². The highest BCUT2D eigenvalue weighted by Gasteiger charge is 2.36. The number of aromatic nitrogens is 2. The normalized spacial score (nSPS) is 23.0. The van der Waals surface area contributed by atoms with Crippen LogP contribution in [0, 0.1) is 5.92 Å². The lowest BCUT2D eigenvalue weighted by Gasteiger charge is -2.37. The summed E-state index contributed by atoms with van der Waals surface area (Å²) in [6.45, 7) is 1.13. The highest BCUT2D eigenvalue weighted by Crippen LogP contribution is 2.29. The minimum absolute atomic E-state index is 0.0637. The van der Waals surface area contributed by atoms with E-state index in [-0.39, 0.29) is 17.7 Å². The van der Waals surface area contributed by atoms with Crippen molar-refractivity contribution in [2.75, 3.05) is 13.6 Å². The van der Waals surface area contributed by atoms with Crippen molar-refractivity contribution in [1.29, 1.82) is 0 Å². The molecule has 1 atom stereocenters. The van der Waals surface area contributed by atoms with Gasteiger partial charge in [0, 0.05) is 32.3 Å². The summed E-state index contributed by atoms with van der Waals surface area (Å²) in [6, 6.07) is 2.24. The lowest BCUT2D eigenvalue weighted by Crippen LogP contribution is -2.49. The maximum atomic E-state index is 12.6. The number of carbonyl (C=O) groups is 2. The highest BCUT2D eigenvalue weighted by atomic mass is 16.2. The molecule has 1 saturated carbocycles. The number of aromatic amines is 1. The molecule has 2 heterocycles. The van der Waals surface area contributed by atoms with Gasteiger partial charge in [-0.15, -0.1) is 0 Å². The molecular weight excluding hydrogens is 280 g/mol. The molecule has 0 aromatic carbocycles. The molecule has 0 bridgehead atoms. The largest absolute Gasteiger partial charge is 0.340 e. The van der Waals surface area contributed by atoms with E-state index in [1.54, 1.807) is 11.1 Å². The molecule has 0 unspecified atom stereocenters. The zero-order valence-electron chi connectivity index (χ0n) is 13.1. The number of hydrogen-bond donors (Lipinski definition) is 1. The van der Waals surface area contributed by atoms with Crippen LogP contribution in [0.1, 0.15) is 44.2 Å². The van der Waals surface area contributed by atoms with Gasteiger partial charge in [0.25, 0.3) is 0 Å². The van der Waals surface area contributed by atoms with Crippen molar-refractivity contribution in [2.24, 2.45) is 5.92 Å². The smallest absolute Gasteiger partial charge is 0.227 e. The monoisotopic (exact) mass is 304 g/mol. The maximum absolute atomic E-state index is 12.6. The van der Waals surface area contributed by atoms with Crippen LogP contribution in [0.4, 0.5) is 0 Å². The van der Waals surface area contributed by atoms with Crippen LogP contribution >= 0.6 is 0 Å². The summed E-state index contributed by atoms with van der Waals surface area (Å²) in [5.74, 6) is 0.295. The van der Waals surface area contributed by atoms with Crippen molar-refractivity contribution in [2.45, 2.75) is 51.1 Å². The summed E-state index contributed by atoms with van der Waals surface area (Å²) < 4.78 is 0. The topological polar surface area (TPSA) is 69.3 Å². The van der Waals surface area contributed by atoms with Crippen LogP contribution in [0.3, 0.4) is 0 Å². The van der Waals surface area contributed by atoms with Crippen molar-refractivity contribution in [3.05, 3.63) is 18.0 Å². The molecule has 1 N–H and O–H groups in total. The molecule has 22 heavy (non-hydrogen) atoms. The van der Waals surface area contributed by atoms with E-state index >= 15 is 0 Å². The van der Waals surface area contributed by atoms with Gasteiger partial charge in [-0.05, 0) is 25.3 Å². The van der Waals surface area contributed by atoms with Crippen LogP contribution in [0.15, 0.2) is 12.3 Å². The van der Waals surface area contributed by atoms with Gasteiger partial charge in [-0.2, -0.15) is 5.10 Å². The Labute approximate surface area is 130 Å². The quantitative estimate of drug-likeness (QED) is 0.917. The Morgan fingerprint density at radius 3 is 2.86 bits per heavy atom. The molecule has 120 valence electrons. The third-order valence-electron chi connectivity index (χ3n) is 4.90. The van der Waals surface area contributed by atoms with Gasteiger partial charge in [0.05, 0.1) is 18.2 Å². The van der Waals surface area contributed by atoms with Crippen molar-refractivity contribution >= 4 is 11.8 Å². The first kappa shape index (κ1) is 15.1. The summed E-state index contributed by atoms with van der Waals surface area (Å²) in [4.78, 5) is 28.5. The first-order chi connectivity index (χ1) is 10.6. The lowest BCUT2D eigenvalue weighted by atomic mass is 9.94. The molecule has 1 aromatic heterocycles. The number of carbonyl (C=O) groups excluding carboxylic acids is 2.